The number of ether oxygens (including phenoxy) is 1. The highest BCUT2D eigenvalue weighted by atomic mass is 79.9. The van der Waals surface area contributed by atoms with Crippen molar-refractivity contribution in [2.24, 2.45) is 0 Å². The smallest absolute Gasteiger partial charge is 0.344 e. The maximum atomic E-state index is 11.3. The molecular formula is C10H7BrCl3NO4. The number of benzene rings is 1. The summed E-state index contributed by atoms with van der Waals surface area (Å²) in [5, 5.41) is 21.5. The minimum absolute atomic E-state index is 0.239. The number of nitrogens with zero attached hydrogens (tertiary/aromatic N) is 1. The van der Waals surface area contributed by atoms with Crippen LogP contribution in [0, 0.1) is 10.1 Å². The summed E-state index contributed by atoms with van der Waals surface area (Å²) >= 11 is 20.1. The van der Waals surface area contributed by atoms with E-state index in [0.717, 1.165) is 0 Å². The van der Waals surface area contributed by atoms with Crippen molar-refractivity contribution in [2.75, 3.05) is 0 Å². The minimum Gasteiger partial charge on any atom is -0.477 e. The number of aliphatic hydroxyl groups excluding tert-OH is 1. The van der Waals surface area contributed by atoms with Crippen LogP contribution in [0.2, 0.25) is 0 Å². The lowest BCUT2D eigenvalue weighted by Gasteiger charge is -2.40. The Morgan fingerprint density at radius 3 is 2.53 bits per heavy atom. The molecule has 104 valence electrons. The third-order valence-electron chi connectivity index (χ3n) is 2.79. The molecular weight excluding hydrogens is 384 g/mol. The van der Waals surface area contributed by atoms with Crippen molar-refractivity contribution in [1.29, 1.82) is 0 Å². The molecule has 19 heavy (non-hydrogen) atoms. The second-order valence-electron chi connectivity index (χ2n) is 3.96. The third kappa shape index (κ3) is 2.40. The van der Waals surface area contributed by atoms with Gasteiger partial charge < -0.3 is 9.84 Å². The van der Waals surface area contributed by atoms with E-state index in [2.05, 4.69) is 15.9 Å². The lowest BCUT2D eigenvalue weighted by Crippen LogP contribution is -2.59. The molecule has 1 aromatic rings. The van der Waals surface area contributed by atoms with Gasteiger partial charge in [-0.1, -0.05) is 53.0 Å². The van der Waals surface area contributed by atoms with E-state index >= 15 is 0 Å². The summed E-state index contributed by atoms with van der Waals surface area (Å²) in [5.41, 5.74) is 0.251. The van der Waals surface area contributed by atoms with Gasteiger partial charge >= 0.3 is 4.45 Å². The summed E-state index contributed by atoms with van der Waals surface area (Å²) in [4.78, 5) is 10.5. The van der Waals surface area contributed by atoms with E-state index in [1.54, 1.807) is 12.1 Å². The first-order valence-electron chi connectivity index (χ1n) is 5.02. The van der Waals surface area contributed by atoms with Gasteiger partial charge in [-0.05, 0) is 6.07 Å². The van der Waals surface area contributed by atoms with Crippen molar-refractivity contribution >= 4 is 50.7 Å². The number of alkyl halides is 4. The lowest BCUT2D eigenvalue weighted by molar-refractivity contribution is -0.561. The highest BCUT2D eigenvalue weighted by molar-refractivity contribution is 9.10. The zero-order valence-electron chi connectivity index (χ0n) is 9.10. The van der Waals surface area contributed by atoms with Crippen LogP contribution >= 0.6 is 50.7 Å². The topological polar surface area (TPSA) is 72.6 Å². The number of aliphatic hydroxyl groups is 1. The second kappa shape index (κ2) is 4.93. The number of fused-ring (bicyclic) bond motifs is 1. The summed E-state index contributed by atoms with van der Waals surface area (Å²) in [7, 11) is 0. The van der Waals surface area contributed by atoms with Gasteiger partial charge in [-0.2, -0.15) is 0 Å². The van der Waals surface area contributed by atoms with Crippen molar-refractivity contribution in [3.8, 4) is 5.75 Å². The predicted octanol–water partition coefficient (Wildman–Crippen LogP) is 3.22. The molecule has 0 fully saturated rings. The zero-order chi connectivity index (χ0) is 14.4. The van der Waals surface area contributed by atoms with Crippen molar-refractivity contribution < 1.29 is 14.8 Å². The molecule has 0 bridgehead atoms. The van der Waals surface area contributed by atoms with Crippen LogP contribution in [0.5, 0.6) is 5.75 Å². The van der Waals surface area contributed by atoms with Crippen molar-refractivity contribution in [3.63, 3.8) is 0 Å². The number of hydrogen-bond acceptors (Lipinski definition) is 4. The van der Waals surface area contributed by atoms with E-state index in [4.69, 9.17) is 39.5 Å². The van der Waals surface area contributed by atoms with Gasteiger partial charge in [-0.3, -0.25) is 10.1 Å². The van der Waals surface area contributed by atoms with Gasteiger partial charge in [-0.25, -0.2) is 0 Å². The Labute approximate surface area is 131 Å². The number of nitro groups is 1. The molecule has 0 saturated carbocycles. The molecule has 5 nitrogen and oxygen atoms in total. The van der Waals surface area contributed by atoms with Crippen molar-refractivity contribution in [2.45, 2.75) is 20.4 Å². The fraction of sp³-hybridized carbons (Fsp3) is 0.400. The first-order chi connectivity index (χ1) is 8.69. The maximum Gasteiger partial charge on any atom is 0.344 e. The van der Waals surface area contributed by atoms with Crippen LogP contribution in [0.4, 0.5) is 0 Å². The van der Waals surface area contributed by atoms with E-state index in [1.807, 2.05) is 0 Å². The van der Waals surface area contributed by atoms with Crippen LogP contribution in [0.1, 0.15) is 11.7 Å². The van der Waals surface area contributed by atoms with Gasteiger partial charge in [0.25, 0.3) is 0 Å². The molecule has 3 unspecified atom stereocenters. The number of para-hydroxylation sites is 1. The number of hydrogen-bond donors (Lipinski definition) is 1. The Balaban J connectivity index is 2.61. The molecule has 3 atom stereocenters. The minimum atomic E-state index is -2.15. The van der Waals surface area contributed by atoms with Gasteiger partial charge in [0.2, 0.25) is 9.90 Å². The number of halogens is 4. The van der Waals surface area contributed by atoms with Gasteiger partial charge in [0.1, 0.15) is 5.75 Å². The first kappa shape index (κ1) is 15.1. The molecule has 0 radical (unpaired) electrons. The molecule has 0 aliphatic carbocycles. The highest BCUT2D eigenvalue weighted by Gasteiger charge is 2.66. The second-order valence-corrected chi connectivity index (χ2v) is 7.60. The molecule has 1 aromatic carbocycles. The Bertz CT molecular complexity index is 524. The average Bonchev–Trinajstić information content (AvgIpc) is 2.32. The summed E-state index contributed by atoms with van der Waals surface area (Å²) < 4.78 is 1.16. The van der Waals surface area contributed by atoms with Crippen LogP contribution in [0.25, 0.3) is 0 Å². The molecule has 1 aliphatic heterocycles. The standard InChI is InChI=1S/C10H7BrCl3NO4/c11-9(15(17)18)7(16)5-3-1-2-4-6(5)19-8(9)10(12,13)14/h1-4,7-8,16H. The first-order valence-corrected chi connectivity index (χ1v) is 6.95. The summed E-state index contributed by atoms with van der Waals surface area (Å²) in [5.74, 6) is 0.239. The highest BCUT2D eigenvalue weighted by Crippen LogP contribution is 2.52. The Hall–Kier alpha value is -0.270. The van der Waals surface area contributed by atoms with E-state index in [0.29, 0.717) is 0 Å². The monoisotopic (exact) mass is 389 g/mol. The van der Waals surface area contributed by atoms with Crippen LogP contribution in [-0.2, 0) is 0 Å². The Kier molecular flexibility index (Phi) is 3.92. The van der Waals surface area contributed by atoms with E-state index in [-0.39, 0.29) is 11.3 Å². The summed E-state index contributed by atoms with van der Waals surface area (Å²) in [6.07, 6.45) is -3.02. The predicted molar refractivity (Wildman–Crippen MR) is 74.8 cm³/mol. The van der Waals surface area contributed by atoms with Gasteiger partial charge in [0.05, 0.1) is 0 Å². The molecule has 0 spiro atoms. The largest absolute Gasteiger partial charge is 0.477 e. The molecule has 0 saturated heterocycles. The fourth-order valence-electron chi connectivity index (χ4n) is 1.88. The summed E-state index contributed by atoms with van der Waals surface area (Å²) in [6, 6.07) is 6.31. The summed E-state index contributed by atoms with van der Waals surface area (Å²) in [6.45, 7) is 0. The van der Waals surface area contributed by atoms with E-state index in [9.17, 15) is 15.2 Å². The SMILES string of the molecule is O=[N+]([O-])C1(Br)C(O)c2ccccc2OC1C(Cl)(Cl)Cl. The van der Waals surface area contributed by atoms with Crippen LogP contribution in [0.3, 0.4) is 0 Å². The van der Waals surface area contributed by atoms with Crippen molar-refractivity contribution in [3.05, 3.63) is 39.9 Å². The third-order valence-corrected chi connectivity index (χ3v) is 4.52. The fourth-order valence-corrected chi connectivity index (χ4v) is 3.59. The molecule has 1 N–H and O–H groups in total. The van der Waals surface area contributed by atoms with Crippen molar-refractivity contribution in [1.82, 2.24) is 0 Å². The van der Waals surface area contributed by atoms with E-state index < -0.39 is 25.4 Å². The van der Waals surface area contributed by atoms with Crippen LogP contribution in [-0.4, -0.2) is 24.4 Å². The maximum absolute atomic E-state index is 11.3. The molecule has 1 heterocycles. The van der Waals surface area contributed by atoms with Crippen LogP contribution < -0.4 is 4.74 Å². The normalized spacial score (nSPS) is 30.4. The molecule has 0 amide bonds. The Morgan fingerprint density at radius 2 is 2.00 bits per heavy atom. The molecule has 0 aromatic heterocycles. The quantitative estimate of drug-likeness (QED) is 0.345. The van der Waals surface area contributed by atoms with Crippen LogP contribution in [0.15, 0.2) is 24.3 Å². The average molecular weight is 391 g/mol. The molecule has 2 rings (SSSR count). The number of rotatable bonds is 1. The van der Waals surface area contributed by atoms with Gasteiger partial charge in [-0.15, -0.1) is 0 Å². The van der Waals surface area contributed by atoms with E-state index in [1.165, 1.54) is 12.1 Å². The van der Waals surface area contributed by atoms with Gasteiger partial charge in [0.15, 0.2) is 6.10 Å². The van der Waals surface area contributed by atoms with Gasteiger partial charge in [0, 0.05) is 26.4 Å². The Morgan fingerprint density at radius 1 is 1.42 bits per heavy atom. The molecule has 9 heteroatoms. The lowest BCUT2D eigenvalue weighted by atomic mass is 9.94. The molecule has 1 aliphatic rings. The zero-order valence-corrected chi connectivity index (χ0v) is 12.9.